The lowest BCUT2D eigenvalue weighted by Crippen LogP contribution is -2.13. The van der Waals surface area contributed by atoms with E-state index in [-0.39, 0.29) is 47.0 Å². The lowest BCUT2D eigenvalue weighted by atomic mass is 10.0. The van der Waals surface area contributed by atoms with Gasteiger partial charge in [0, 0.05) is 0 Å². The Hall–Kier alpha value is -3.69. The minimum absolute atomic E-state index is 0.0153. The number of rotatable bonds is 8. The summed E-state index contributed by atoms with van der Waals surface area (Å²) in [5.41, 5.74) is 6.91. The fourth-order valence-corrected chi connectivity index (χ4v) is 2.92. The predicted octanol–water partition coefficient (Wildman–Crippen LogP) is 3.19. The van der Waals surface area contributed by atoms with E-state index in [0.717, 1.165) is 5.56 Å². The number of anilines is 1. The molecule has 2 heterocycles. The summed E-state index contributed by atoms with van der Waals surface area (Å²) in [6.45, 7) is 3.96. The van der Waals surface area contributed by atoms with Crippen LogP contribution in [0.1, 0.15) is 48.5 Å². The number of nitrogens with two attached hydrogens (primary N) is 1. The summed E-state index contributed by atoms with van der Waals surface area (Å²) in [7, 11) is 0. The largest absolute Gasteiger partial charge is 0.462 e. The minimum atomic E-state index is -0.882. The highest BCUT2D eigenvalue weighted by Crippen LogP contribution is 2.24. The third-order valence-corrected chi connectivity index (χ3v) is 4.57. The molecule has 0 radical (unpaired) electrons. The Labute approximate surface area is 170 Å². The maximum atomic E-state index is 13.0. The molecule has 10 heteroatoms. The molecule has 0 aliphatic rings. The second kappa shape index (κ2) is 8.76. The van der Waals surface area contributed by atoms with Crippen LogP contribution >= 0.6 is 0 Å². The highest BCUT2D eigenvalue weighted by molar-refractivity contribution is 5.99. The van der Waals surface area contributed by atoms with Gasteiger partial charge in [0.2, 0.25) is 11.1 Å². The molecule has 0 aliphatic carbocycles. The molecular formula is C20H21N3O7. The number of fused-ring (bicyclic) bond motifs is 2. The van der Waals surface area contributed by atoms with Gasteiger partial charge in [-0.25, -0.2) is 4.79 Å². The highest BCUT2D eigenvalue weighted by atomic mass is 16.9. The summed E-state index contributed by atoms with van der Waals surface area (Å²) in [5, 5.41) is 9.72. The van der Waals surface area contributed by atoms with Crippen molar-refractivity contribution in [3.63, 3.8) is 0 Å². The SMILES string of the molecule is CC(C)c1ccc2oc3nc(N)c(C(=O)OCCCCO[N+](=O)[O-])cc3c(=O)c2c1. The van der Waals surface area contributed by atoms with Crippen LogP contribution in [-0.2, 0) is 9.57 Å². The normalized spacial score (nSPS) is 11.2. The summed E-state index contributed by atoms with van der Waals surface area (Å²) in [6, 6.07) is 6.69. The van der Waals surface area contributed by atoms with E-state index in [9.17, 15) is 19.7 Å². The van der Waals surface area contributed by atoms with E-state index in [0.29, 0.717) is 23.8 Å². The van der Waals surface area contributed by atoms with Crippen molar-refractivity contribution in [2.75, 3.05) is 18.9 Å². The highest BCUT2D eigenvalue weighted by Gasteiger charge is 2.18. The Balaban J connectivity index is 1.85. The van der Waals surface area contributed by atoms with Gasteiger partial charge in [0.15, 0.2) is 0 Å². The van der Waals surface area contributed by atoms with Gasteiger partial charge in [-0.3, -0.25) is 4.79 Å². The number of nitrogen functional groups attached to an aromatic ring is 1. The van der Waals surface area contributed by atoms with E-state index in [2.05, 4.69) is 9.82 Å². The van der Waals surface area contributed by atoms with Crippen molar-refractivity contribution in [2.24, 2.45) is 0 Å². The molecule has 158 valence electrons. The molecule has 2 N–H and O–H groups in total. The summed E-state index contributed by atoms with van der Waals surface area (Å²) in [4.78, 5) is 43.6. The molecule has 0 unspecified atom stereocenters. The van der Waals surface area contributed by atoms with Gasteiger partial charge < -0.3 is 19.7 Å². The van der Waals surface area contributed by atoms with Crippen LogP contribution in [0, 0.1) is 10.1 Å². The van der Waals surface area contributed by atoms with Gasteiger partial charge in [0.05, 0.1) is 24.0 Å². The third kappa shape index (κ3) is 4.48. The zero-order valence-electron chi connectivity index (χ0n) is 16.5. The Bertz CT molecular complexity index is 1170. The number of hydrogen-bond donors (Lipinski definition) is 1. The van der Waals surface area contributed by atoms with Gasteiger partial charge in [-0.05, 0) is 42.5 Å². The number of pyridine rings is 1. The number of unbranched alkanes of at least 4 members (excludes halogenated alkanes) is 1. The average molecular weight is 415 g/mol. The zero-order chi connectivity index (χ0) is 21.8. The van der Waals surface area contributed by atoms with E-state index in [1.54, 1.807) is 12.1 Å². The van der Waals surface area contributed by atoms with Crippen LogP contribution in [0.2, 0.25) is 0 Å². The third-order valence-electron chi connectivity index (χ3n) is 4.57. The van der Waals surface area contributed by atoms with Crippen LogP contribution in [0.3, 0.4) is 0 Å². The van der Waals surface area contributed by atoms with Crippen LogP contribution in [-0.4, -0.2) is 29.3 Å². The molecule has 0 aliphatic heterocycles. The molecule has 0 bridgehead atoms. The Kier molecular flexibility index (Phi) is 6.14. The summed E-state index contributed by atoms with van der Waals surface area (Å²) in [6.07, 6.45) is 0.707. The smallest absolute Gasteiger partial charge is 0.341 e. The van der Waals surface area contributed by atoms with Crippen LogP contribution < -0.4 is 11.2 Å². The summed E-state index contributed by atoms with van der Waals surface area (Å²) in [5.74, 6) is -0.631. The quantitative estimate of drug-likeness (QED) is 0.192. The molecular weight excluding hydrogens is 394 g/mol. The predicted molar refractivity (Wildman–Crippen MR) is 109 cm³/mol. The number of ether oxygens (including phenoxy) is 1. The first kappa shape index (κ1) is 21.0. The molecule has 3 rings (SSSR count). The molecule has 0 saturated heterocycles. The average Bonchev–Trinajstić information content (AvgIpc) is 2.69. The summed E-state index contributed by atoms with van der Waals surface area (Å²) < 4.78 is 10.8. The lowest BCUT2D eigenvalue weighted by molar-refractivity contribution is -0.757. The second-order valence-electron chi connectivity index (χ2n) is 7.02. The van der Waals surface area contributed by atoms with Crippen molar-refractivity contribution in [3.8, 4) is 0 Å². The maximum absolute atomic E-state index is 13.0. The molecule has 10 nitrogen and oxygen atoms in total. The molecule has 0 spiro atoms. The minimum Gasteiger partial charge on any atom is -0.462 e. The van der Waals surface area contributed by atoms with Crippen LogP contribution in [0.4, 0.5) is 5.82 Å². The van der Waals surface area contributed by atoms with Crippen molar-refractivity contribution < 1.29 is 23.9 Å². The maximum Gasteiger partial charge on any atom is 0.341 e. The standard InChI is InChI=1S/C20H21N3O7/c1-11(2)12-5-6-16-13(9-12)17(24)14-10-15(18(21)22-19(14)30-16)20(25)28-7-3-4-8-29-23(26)27/h5-6,9-11H,3-4,7-8H2,1-2H3,(H2,21,22). The molecule has 1 aromatic carbocycles. The summed E-state index contributed by atoms with van der Waals surface area (Å²) >= 11 is 0. The van der Waals surface area contributed by atoms with E-state index in [1.807, 2.05) is 19.9 Å². The number of nitrogens with zero attached hydrogens (tertiary/aromatic N) is 2. The van der Waals surface area contributed by atoms with E-state index in [4.69, 9.17) is 14.9 Å². The topological polar surface area (TPSA) is 148 Å². The monoisotopic (exact) mass is 415 g/mol. The fourth-order valence-electron chi connectivity index (χ4n) is 2.92. The Morgan fingerprint density at radius 2 is 1.97 bits per heavy atom. The van der Waals surface area contributed by atoms with Crippen molar-refractivity contribution >= 4 is 33.9 Å². The van der Waals surface area contributed by atoms with Gasteiger partial charge in [-0.15, -0.1) is 10.1 Å². The molecule has 0 fully saturated rings. The van der Waals surface area contributed by atoms with Crippen LogP contribution in [0.25, 0.3) is 22.1 Å². The molecule has 2 aromatic heterocycles. The molecule has 30 heavy (non-hydrogen) atoms. The lowest BCUT2D eigenvalue weighted by Gasteiger charge is -2.09. The van der Waals surface area contributed by atoms with E-state index >= 15 is 0 Å². The van der Waals surface area contributed by atoms with Gasteiger partial charge in [0.25, 0.3) is 5.09 Å². The van der Waals surface area contributed by atoms with Gasteiger partial charge in [-0.2, -0.15) is 4.98 Å². The fraction of sp³-hybridized carbons (Fsp3) is 0.350. The first-order chi connectivity index (χ1) is 14.3. The zero-order valence-corrected chi connectivity index (χ0v) is 16.5. The van der Waals surface area contributed by atoms with Crippen molar-refractivity contribution in [1.82, 2.24) is 4.98 Å². The molecule has 3 aromatic rings. The Morgan fingerprint density at radius 3 is 2.67 bits per heavy atom. The van der Waals surface area contributed by atoms with Crippen LogP contribution in [0.15, 0.2) is 33.5 Å². The van der Waals surface area contributed by atoms with Crippen molar-refractivity contribution in [3.05, 3.63) is 55.7 Å². The molecule has 0 atom stereocenters. The van der Waals surface area contributed by atoms with Gasteiger partial charge in [0.1, 0.15) is 17.0 Å². The number of esters is 1. The van der Waals surface area contributed by atoms with Crippen molar-refractivity contribution in [2.45, 2.75) is 32.6 Å². The second-order valence-corrected chi connectivity index (χ2v) is 7.02. The van der Waals surface area contributed by atoms with E-state index < -0.39 is 11.1 Å². The molecule has 0 saturated carbocycles. The molecule has 0 amide bonds. The van der Waals surface area contributed by atoms with Gasteiger partial charge in [-0.1, -0.05) is 19.9 Å². The Morgan fingerprint density at radius 1 is 1.23 bits per heavy atom. The van der Waals surface area contributed by atoms with Crippen LogP contribution in [0.5, 0.6) is 0 Å². The van der Waals surface area contributed by atoms with Crippen molar-refractivity contribution in [1.29, 1.82) is 0 Å². The number of carbonyl (C=O) groups excluding carboxylic acids is 1. The first-order valence-electron chi connectivity index (χ1n) is 9.39. The number of benzene rings is 1. The number of carbonyl (C=O) groups is 1. The number of hydrogen-bond acceptors (Lipinski definition) is 9. The first-order valence-corrected chi connectivity index (χ1v) is 9.39. The number of aromatic nitrogens is 1. The van der Waals surface area contributed by atoms with Gasteiger partial charge >= 0.3 is 5.97 Å². The van der Waals surface area contributed by atoms with E-state index in [1.165, 1.54) is 6.07 Å².